The molecule has 0 heterocycles. The Morgan fingerprint density at radius 3 is 2.67 bits per heavy atom. The minimum atomic E-state index is 0.0666. The van der Waals surface area contributed by atoms with Crippen LogP contribution in [0, 0.1) is 9.49 Å². The Morgan fingerprint density at radius 1 is 1.40 bits per heavy atom. The van der Waals surface area contributed by atoms with E-state index in [-0.39, 0.29) is 5.91 Å². The van der Waals surface area contributed by atoms with Crippen molar-refractivity contribution in [2.24, 2.45) is 5.92 Å². The quantitative estimate of drug-likeness (QED) is 0.836. The molecular formula is C12H14INO. The molecule has 0 aliphatic heterocycles. The first-order valence-electron chi connectivity index (χ1n) is 5.22. The van der Waals surface area contributed by atoms with Gasteiger partial charge in [-0.3, -0.25) is 4.79 Å². The second-order valence-electron chi connectivity index (χ2n) is 4.23. The molecule has 2 rings (SSSR count). The first-order chi connectivity index (χ1) is 7.16. The fourth-order valence-corrected chi connectivity index (χ4v) is 2.56. The Hall–Kier alpha value is -0.580. The van der Waals surface area contributed by atoms with E-state index >= 15 is 0 Å². The maximum Gasteiger partial charge on any atom is 0.252 e. The highest BCUT2D eigenvalue weighted by atomic mass is 127. The number of benzene rings is 1. The van der Waals surface area contributed by atoms with Crippen LogP contribution >= 0.6 is 22.6 Å². The minimum Gasteiger partial charge on any atom is -0.349 e. The largest absolute Gasteiger partial charge is 0.349 e. The molecule has 1 aromatic carbocycles. The first kappa shape index (κ1) is 10.9. The molecule has 0 saturated heterocycles. The molecule has 1 aliphatic carbocycles. The summed E-state index contributed by atoms with van der Waals surface area (Å²) >= 11 is 2.20. The van der Waals surface area contributed by atoms with E-state index in [1.54, 1.807) is 0 Å². The molecule has 80 valence electrons. The third-order valence-corrected chi connectivity index (χ3v) is 3.77. The van der Waals surface area contributed by atoms with Gasteiger partial charge in [0.2, 0.25) is 0 Å². The van der Waals surface area contributed by atoms with Gasteiger partial charge in [0.15, 0.2) is 0 Å². The van der Waals surface area contributed by atoms with Crippen molar-refractivity contribution >= 4 is 28.5 Å². The smallest absolute Gasteiger partial charge is 0.252 e. The molecule has 0 atom stereocenters. The second kappa shape index (κ2) is 4.51. The number of nitrogens with one attached hydrogen (secondary N) is 1. The molecule has 0 radical (unpaired) electrons. The molecule has 0 spiro atoms. The standard InChI is InChI=1S/C12H14INO/c1-8-6-9(7-8)14-12(15)10-4-2-3-5-11(10)13/h2-5,8-9H,6-7H2,1H3,(H,14,15). The third kappa shape index (κ3) is 2.51. The van der Waals surface area contributed by atoms with Gasteiger partial charge in [0.05, 0.1) is 5.56 Å². The van der Waals surface area contributed by atoms with E-state index in [1.165, 1.54) is 0 Å². The average molecular weight is 315 g/mol. The Kier molecular flexibility index (Phi) is 3.29. The van der Waals surface area contributed by atoms with Crippen molar-refractivity contribution in [1.82, 2.24) is 5.32 Å². The molecule has 3 heteroatoms. The van der Waals surface area contributed by atoms with Crippen LogP contribution < -0.4 is 5.32 Å². The summed E-state index contributed by atoms with van der Waals surface area (Å²) in [4.78, 5) is 11.9. The fourth-order valence-electron chi connectivity index (χ4n) is 1.93. The summed E-state index contributed by atoms with van der Waals surface area (Å²) in [6.45, 7) is 2.22. The van der Waals surface area contributed by atoms with Gasteiger partial charge in [-0.15, -0.1) is 0 Å². The summed E-state index contributed by atoms with van der Waals surface area (Å²) in [5.41, 5.74) is 0.789. The number of hydrogen-bond donors (Lipinski definition) is 1. The zero-order valence-corrected chi connectivity index (χ0v) is 10.8. The van der Waals surface area contributed by atoms with Crippen molar-refractivity contribution in [3.8, 4) is 0 Å². The van der Waals surface area contributed by atoms with Crippen LogP contribution in [0.4, 0.5) is 0 Å². The van der Waals surface area contributed by atoms with Crippen molar-refractivity contribution in [1.29, 1.82) is 0 Å². The van der Waals surface area contributed by atoms with Gasteiger partial charge >= 0.3 is 0 Å². The van der Waals surface area contributed by atoms with Crippen LogP contribution in [0.5, 0.6) is 0 Å². The Morgan fingerprint density at radius 2 is 2.07 bits per heavy atom. The molecule has 2 nitrogen and oxygen atoms in total. The average Bonchev–Trinajstić information content (AvgIpc) is 2.16. The molecule has 1 N–H and O–H groups in total. The van der Waals surface area contributed by atoms with Crippen molar-refractivity contribution in [2.45, 2.75) is 25.8 Å². The maximum atomic E-state index is 11.9. The number of amides is 1. The summed E-state index contributed by atoms with van der Waals surface area (Å²) in [6, 6.07) is 8.08. The summed E-state index contributed by atoms with van der Waals surface area (Å²) in [5.74, 6) is 0.835. The maximum absolute atomic E-state index is 11.9. The zero-order chi connectivity index (χ0) is 10.8. The Bertz CT molecular complexity index is 372. The lowest BCUT2D eigenvalue weighted by Gasteiger charge is -2.33. The number of rotatable bonds is 2. The van der Waals surface area contributed by atoms with Gasteiger partial charge in [0, 0.05) is 9.61 Å². The van der Waals surface area contributed by atoms with E-state index in [9.17, 15) is 4.79 Å². The van der Waals surface area contributed by atoms with Crippen molar-refractivity contribution in [2.75, 3.05) is 0 Å². The highest BCUT2D eigenvalue weighted by Crippen LogP contribution is 2.26. The topological polar surface area (TPSA) is 29.1 Å². The van der Waals surface area contributed by atoms with Gasteiger partial charge in [-0.2, -0.15) is 0 Å². The number of carbonyl (C=O) groups is 1. The summed E-state index contributed by atoms with van der Waals surface area (Å²) in [5, 5.41) is 3.06. The van der Waals surface area contributed by atoms with E-state index in [0.717, 1.165) is 27.9 Å². The molecule has 15 heavy (non-hydrogen) atoms. The monoisotopic (exact) mass is 315 g/mol. The lowest BCUT2D eigenvalue weighted by Crippen LogP contribution is -2.43. The Balaban J connectivity index is 1.99. The minimum absolute atomic E-state index is 0.0666. The molecule has 1 aliphatic rings. The van der Waals surface area contributed by atoms with E-state index in [2.05, 4.69) is 34.8 Å². The van der Waals surface area contributed by atoms with Crippen molar-refractivity contribution in [3.63, 3.8) is 0 Å². The molecule has 0 unspecified atom stereocenters. The molecular weight excluding hydrogens is 301 g/mol. The predicted molar refractivity (Wildman–Crippen MR) is 68.8 cm³/mol. The number of hydrogen-bond acceptors (Lipinski definition) is 1. The highest BCUT2D eigenvalue weighted by molar-refractivity contribution is 14.1. The zero-order valence-electron chi connectivity index (χ0n) is 8.66. The van der Waals surface area contributed by atoms with Crippen LogP contribution in [0.25, 0.3) is 0 Å². The predicted octanol–water partition coefficient (Wildman–Crippen LogP) is 2.82. The summed E-state index contributed by atoms with van der Waals surface area (Å²) in [6.07, 6.45) is 2.24. The lowest BCUT2D eigenvalue weighted by molar-refractivity contribution is 0.0895. The van der Waals surface area contributed by atoms with Gasteiger partial charge in [0.25, 0.3) is 5.91 Å². The first-order valence-corrected chi connectivity index (χ1v) is 6.30. The van der Waals surface area contributed by atoms with Gasteiger partial charge < -0.3 is 5.32 Å². The van der Waals surface area contributed by atoms with Crippen LogP contribution in [0.15, 0.2) is 24.3 Å². The molecule has 1 fully saturated rings. The molecule has 1 amide bonds. The van der Waals surface area contributed by atoms with E-state index in [0.29, 0.717) is 6.04 Å². The van der Waals surface area contributed by atoms with Crippen molar-refractivity contribution in [3.05, 3.63) is 33.4 Å². The van der Waals surface area contributed by atoms with Gasteiger partial charge in [-0.05, 0) is 53.5 Å². The lowest BCUT2D eigenvalue weighted by atomic mass is 9.82. The van der Waals surface area contributed by atoms with Crippen LogP contribution in [0.3, 0.4) is 0 Å². The molecule has 1 saturated carbocycles. The van der Waals surface area contributed by atoms with Crippen LogP contribution in [-0.4, -0.2) is 11.9 Å². The number of carbonyl (C=O) groups excluding carboxylic acids is 1. The molecule has 1 aromatic rings. The Labute approximate surface area is 104 Å². The van der Waals surface area contributed by atoms with E-state index in [4.69, 9.17) is 0 Å². The molecule has 0 aromatic heterocycles. The second-order valence-corrected chi connectivity index (χ2v) is 5.39. The SMILES string of the molecule is CC1CC(NC(=O)c2ccccc2I)C1. The van der Waals surface area contributed by atoms with Gasteiger partial charge in [-0.25, -0.2) is 0 Å². The summed E-state index contributed by atoms with van der Waals surface area (Å²) in [7, 11) is 0. The fraction of sp³-hybridized carbons (Fsp3) is 0.417. The van der Waals surface area contributed by atoms with Gasteiger partial charge in [-0.1, -0.05) is 19.1 Å². The molecule has 0 bridgehead atoms. The van der Waals surface area contributed by atoms with Crippen LogP contribution in [-0.2, 0) is 0 Å². The highest BCUT2D eigenvalue weighted by Gasteiger charge is 2.27. The van der Waals surface area contributed by atoms with E-state index < -0.39 is 0 Å². The summed E-state index contributed by atoms with van der Waals surface area (Å²) < 4.78 is 1.01. The van der Waals surface area contributed by atoms with Gasteiger partial charge in [0.1, 0.15) is 0 Å². The third-order valence-electron chi connectivity index (χ3n) is 2.83. The van der Waals surface area contributed by atoms with Crippen LogP contribution in [0.2, 0.25) is 0 Å². The number of halogens is 1. The van der Waals surface area contributed by atoms with Crippen LogP contribution in [0.1, 0.15) is 30.1 Å². The van der Waals surface area contributed by atoms with Crippen molar-refractivity contribution < 1.29 is 4.79 Å². The van der Waals surface area contributed by atoms with E-state index in [1.807, 2.05) is 24.3 Å². The normalized spacial score (nSPS) is 24.4.